The molecule has 5 N–H and O–H groups in total. The fraction of sp³-hybridized carbons (Fsp3) is 0.200. The van der Waals surface area contributed by atoms with Crippen molar-refractivity contribution in [2.45, 2.75) is 0 Å². The van der Waals surface area contributed by atoms with Gasteiger partial charge in [-0.05, 0) is 11.5 Å². The summed E-state index contributed by atoms with van der Waals surface area (Å²) in [5, 5.41) is 4.30. The van der Waals surface area contributed by atoms with Gasteiger partial charge in [0.15, 0.2) is 5.69 Å². The Hall–Kier alpha value is -1.58. The van der Waals surface area contributed by atoms with Crippen LogP contribution in [0.2, 0.25) is 0 Å². The van der Waals surface area contributed by atoms with Gasteiger partial charge in [0.1, 0.15) is 4.88 Å². The van der Waals surface area contributed by atoms with Crippen molar-refractivity contribution in [3.63, 3.8) is 0 Å². The lowest BCUT2D eigenvalue weighted by Crippen LogP contribution is -2.36. The van der Waals surface area contributed by atoms with Crippen molar-refractivity contribution >= 4 is 23.3 Å². The van der Waals surface area contributed by atoms with E-state index in [1.54, 1.807) is 0 Å². The van der Waals surface area contributed by atoms with E-state index in [9.17, 15) is 9.59 Å². The van der Waals surface area contributed by atoms with Crippen LogP contribution >= 0.6 is 11.5 Å². The topological polar surface area (TPSA) is 127 Å². The second-order valence-corrected chi connectivity index (χ2v) is 3.09. The van der Waals surface area contributed by atoms with E-state index >= 15 is 0 Å². The lowest BCUT2D eigenvalue weighted by Gasteiger charge is -2.07. The van der Waals surface area contributed by atoms with Gasteiger partial charge in [-0.25, -0.2) is 11.7 Å². The van der Waals surface area contributed by atoms with Gasteiger partial charge in [-0.15, -0.1) is 5.10 Å². The first-order valence-electron chi connectivity index (χ1n) is 3.44. The quantitative estimate of drug-likeness (QED) is 0.300. The fourth-order valence-corrected chi connectivity index (χ4v) is 1.27. The number of rotatable bonds is 2. The summed E-state index contributed by atoms with van der Waals surface area (Å²) in [6, 6.07) is 0. The third-order valence-corrected chi connectivity index (χ3v) is 2.07. The highest BCUT2D eigenvalue weighted by Crippen LogP contribution is 2.10. The molecule has 0 spiro atoms. The minimum Gasteiger partial charge on any atom is -0.289 e. The van der Waals surface area contributed by atoms with Crippen molar-refractivity contribution in [3.05, 3.63) is 10.6 Å². The van der Waals surface area contributed by atoms with E-state index in [-0.39, 0.29) is 10.6 Å². The standard InChI is InChI=1S/C5H8N6O2S/c1-11(7)5(13)2-3(4(12)8-6)14-10-9-2/h6-7H2,1H3,(H,8,12). The highest BCUT2D eigenvalue weighted by Gasteiger charge is 2.22. The van der Waals surface area contributed by atoms with Crippen molar-refractivity contribution in [3.8, 4) is 0 Å². The molecular formula is C5H8N6O2S. The molecule has 1 aromatic rings. The first kappa shape index (κ1) is 10.5. The average Bonchev–Trinajstić information content (AvgIpc) is 2.63. The summed E-state index contributed by atoms with van der Waals surface area (Å²) < 4.78 is 3.47. The van der Waals surface area contributed by atoms with Crippen LogP contribution in [0, 0.1) is 0 Å². The van der Waals surface area contributed by atoms with Gasteiger partial charge >= 0.3 is 0 Å². The Morgan fingerprint density at radius 2 is 2.21 bits per heavy atom. The number of nitrogens with one attached hydrogen (secondary N) is 1. The molecule has 0 aromatic carbocycles. The average molecular weight is 216 g/mol. The Morgan fingerprint density at radius 1 is 1.57 bits per heavy atom. The number of hydrogen-bond donors (Lipinski definition) is 3. The summed E-state index contributed by atoms with van der Waals surface area (Å²) in [4.78, 5) is 22.5. The Balaban J connectivity index is 3.04. The first-order chi connectivity index (χ1) is 6.57. The highest BCUT2D eigenvalue weighted by molar-refractivity contribution is 7.08. The molecule has 0 atom stereocenters. The predicted octanol–water partition coefficient (Wildman–Crippen LogP) is -1.91. The molecular weight excluding hydrogens is 208 g/mol. The zero-order valence-corrected chi connectivity index (χ0v) is 8.04. The van der Waals surface area contributed by atoms with E-state index in [2.05, 4.69) is 9.59 Å². The molecule has 0 saturated carbocycles. The van der Waals surface area contributed by atoms with Crippen molar-refractivity contribution in [2.75, 3.05) is 7.05 Å². The number of nitrogens with zero attached hydrogens (tertiary/aromatic N) is 3. The molecule has 1 aromatic heterocycles. The molecule has 1 rings (SSSR count). The zero-order chi connectivity index (χ0) is 10.7. The van der Waals surface area contributed by atoms with E-state index < -0.39 is 11.8 Å². The molecule has 0 aliphatic heterocycles. The molecule has 1 heterocycles. The molecule has 0 fully saturated rings. The third kappa shape index (κ3) is 1.84. The van der Waals surface area contributed by atoms with E-state index in [1.807, 2.05) is 5.43 Å². The Bertz CT molecular complexity index is 361. The molecule has 0 aliphatic rings. The fourth-order valence-electron chi connectivity index (χ4n) is 0.712. The first-order valence-corrected chi connectivity index (χ1v) is 4.21. The second kappa shape index (κ2) is 4.09. The molecule has 8 nitrogen and oxygen atoms in total. The number of hydrazine groups is 2. The van der Waals surface area contributed by atoms with Crippen LogP contribution in [0.4, 0.5) is 0 Å². The molecule has 0 aliphatic carbocycles. The normalized spacial score (nSPS) is 9.64. The van der Waals surface area contributed by atoms with Crippen LogP contribution in [0.15, 0.2) is 0 Å². The molecule has 0 radical (unpaired) electrons. The minimum atomic E-state index is -0.620. The predicted molar refractivity (Wildman–Crippen MR) is 47.8 cm³/mol. The van der Waals surface area contributed by atoms with Gasteiger partial charge in [0.05, 0.1) is 0 Å². The summed E-state index contributed by atoms with van der Waals surface area (Å²) in [5.74, 6) is 8.88. The maximum Gasteiger partial charge on any atom is 0.289 e. The van der Waals surface area contributed by atoms with Crippen LogP contribution < -0.4 is 17.1 Å². The minimum absolute atomic E-state index is 0.0369. The molecule has 9 heteroatoms. The SMILES string of the molecule is CN(N)C(=O)c1nnsc1C(=O)NN. The lowest BCUT2D eigenvalue weighted by atomic mass is 10.3. The Morgan fingerprint density at radius 3 is 2.71 bits per heavy atom. The monoisotopic (exact) mass is 216 g/mol. The van der Waals surface area contributed by atoms with Gasteiger partial charge in [-0.3, -0.25) is 20.0 Å². The molecule has 0 bridgehead atoms. The van der Waals surface area contributed by atoms with Gasteiger partial charge in [0, 0.05) is 7.05 Å². The largest absolute Gasteiger partial charge is 0.289 e. The van der Waals surface area contributed by atoms with Crippen LogP contribution in [0.1, 0.15) is 20.2 Å². The van der Waals surface area contributed by atoms with Crippen molar-refractivity contribution in [1.82, 2.24) is 20.0 Å². The van der Waals surface area contributed by atoms with Gasteiger partial charge in [0.2, 0.25) is 0 Å². The zero-order valence-electron chi connectivity index (χ0n) is 7.22. The van der Waals surface area contributed by atoms with E-state index in [1.165, 1.54) is 7.05 Å². The summed E-state index contributed by atoms with van der Waals surface area (Å²) in [5.41, 5.74) is 1.77. The Labute approximate surface area is 83.0 Å². The van der Waals surface area contributed by atoms with E-state index in [0.717, 1.165) is 16.5 Å². The molecule has 76 valence electrons. The van der Waals surface area contributed by atoms with Crippen molar-refractivity contribution in [1.29, 1.82) is 0 Å². The van der Waals surface area contributed by atoms with Gasteiger partial charge in [-0.2, -0.15) is 0 Å². The number of carbonyl (C=O) groups is 2. The van der Waals surface area contributed by atoms with E-state index in [0.29, 0.717) is 0 Å². The summed E-state index contributed by atoms with van der Waals surface area (Å²) >= 11 is 0.772. The van der Waals surface area contributed by atoms with Gasteiger partial charge < -0.3 is 0 Å². The lowest BCUT2D eigenvalue weighted by molar-refractivity contribution is 0.0782. The summed E-state index contributed by atoms with van der Waals surface area (Å²) in [6.45, 7) is 0. The third-order valence-electron chi connectivity index (χ3n) is 1.35. The molecule has 2 amide bonds. The molecule has 14 heavy (non-hydrogen) atoms. The molecule has 0 unspecified atom stereocenters. The second-order valence-electron chi connectivity index (χ2n) is 2.34. The number of nitrogen functional groups attached to an aromatic ring is 1. The summed E-state index contributed by atoms with van der Waals surface area (Å²) in [6.07, 6.45) is 0. The van der Waals surface area contributed by atoms with Crippen LogP contribution in [-0.2, 0) is 0 Å². The van der Waals surface area contributed by atoms with Gasteiger partial charge in [0.25, 0.3) is 11.8 Å². The number of aromatic nitrogens is 2. The maximum atomic E-state index is 11.3. The van der Waals surface area contributed by atoms with Crippen molar-refractivity contribution < 1.29 is 9.59 Å². The molecule has 0 saturated heterocycles. The van der Waals surface area contributed by atoms with Crippen LogP contribution in [0.25, 0.3) is 0 Å². The highest BCUT2D eigenvalue weighted by atomic mass is 32.1. The van der Waals surface area contributed by atoms with E-state index in [4.69, 9.17) is 11.7 Å². The maximum absolute atomic E-state index is 11.3. The van der Waals surface area contributed by atoms with Crippen LogP contribution in [-0.4, -0.2) is 33.5 Å². The number of nitrogens with two attached hydrogens (primary N) is 2. The number of carbonyl (C=O) groups excluding carboxylic acids is 2. The number of hydrogen-bond acceptors (Lipinski definition) is 7. The number of amides is 2. The van der Waals surface area contributed by atoms with Crippen molar-refractivity contribution in [2.24, 2.45) is 11.7 Å². The van der Waals surface area contributed by atoms with Gasteiger partial charge in [-0.1, -0.05) is 4.49 Å². The summed E-state index contributed by atoms with van der Waals surface area (Å²) in [7, 11) is 1.34. The van der Waals surface area contributed by atoms with Crippen LogP contribution in [0.3, 0.4) is 0 Å². The Kier molecular flexibility index (Phi) is 3.06. The smallest absolute Gasteiger partial charge is 0.289 e. The van der Waals surface area contributed by atoms with Crippen LogP contribution in [0.5, 0.6) is 0 Å².